The third-order valence-electron chi connectivity index (χ3n) is 4.87. The number of esters is 1. The van der Waals surface area contributed by atoms with Crippen molar-refractivity contribution in [2.24, 2.45) is 0 Å². The lowest BCUT2D eigenvalue weighted by molar-refractivity contribution is -0.148. The number of carbonyl (C=O) groups is 4. The van der Waals surface area contributed by atoms with Crippen molar-refractivity contribution in [2.45, 2.75) is 13.0 Å². The summed E-state index contributed by atoms with van der Waals surface area (Å²) in [5.41, 5.74) is 1.74. The molecule has 0 radical (unpaired) electrons. The molecule has 3 aromatic rings. The van der Waals surface area contributed by atoms with Crippen molar-refractivity contribution < 1.29 is 28.7 Å². The van der Waals surface area contributed by atoms with E-state index in [9.17, 15) is 19.2 Å². The first-order valence-electron chi connectivity index (χ1n) is 10.7. The smallest absolute Gasteiger partial charge is 0.328 e. The van der Waals surface area contributed by atoms with Gasteiger partial charge in [0.05, 0.1) is 12.8 Å². The Morgan fingerprint density at radius 3 is 2.09 bits per heavy atom. The van der Waals surface area contributed by atoms with E-state index in [1.807, 2.05) is 0 Å². The van der Waals surface area contributed by atoms with E-state index in [1.165, 1.54) is 14.0 Å². The number of hydrogen-bond acceptors (Lipinski definition) is 6. The predicted molar refractivity (Wildman–Crippen MR) is 130 cm³/mol. The maximum Gasteiger partial charge on any atom is 0.328 e. The molecule has 0 spiro atoms. The molecule has 0 saturated heterocycles. The van der Waals surface area contributed by atoms with Gasteiger partial charge < -0.3 is 25.4 Å². The first-order valence-corrected chi connectivity index (χ1v) is 10.7. The lowest BCUT2D eigenvalue weighted by atomic mass is 10.2. The van der Waals surface area contributed by atoms with Gasteiger partial charge in [0.1, 0.15) is 11.8 Å². The van der Waals surface area contributed by atoms with E-state index in [0.717, 1.165) is 0 Å². The lowest BCUT2D eigenvalue weighted by Crippen LogP contribution is -2.40. The minimum absolute atomic E-state index is 0.340. The van der Waals surface area contributed by atoms with Crippen LogP contribution in [0.5, 0.6) is 5.75 Å². The van der Waals surface area contributed by atoms with Crippen molar-refractivity contribution in [3.05, 3.63) is 90.0 Å². The predicted octanol–water partition coefficient (Wildman–Crippen LogP) is 3.25. The van der Waals surface area contributed by atoms with Crippen molar-refractivity contribution in [3.8, 4) is 5.75 Å². The summed E-state index contributed by atoms with van der Waals surface area (Å²) in [5, 5.41) is 7.87. The molecule has 0 aromatic heterocycles. The molecular formula is C26H25N3O6. The second kappa shape index (κ2) is 12.0. The van der Waals surface area contributed by atoms with Crippen molar-refractivity contribution in [3.63, 3.8) is 0 Å². The summed E-state index contributed by atoms with van der Waals surface area (Å²) < 4.78 is 10.2. The number of hydrogen-bond donors (Lipinski definition) is 3. The first-order chi connectivity index (χ1) is 16.9. The molecule has 3 N–H and O–H groups in total. The van der Waals surface area contributed by atoms with Crippen LogP contribution in [0.4, 0.5) is 11.4 Å². The second-order valence-corrected chi connectivity index (χ2v) is 7.45. The van der Waals surface area contributed by atoms with Gasteiger partial charge >= 0.3 is 5.97 Å². The first kappa shape index (κ1) is 25.0. The number of benzene rings is 3. The Morgan fingerprint density at radius 2 is 1.40 bits per heavy atom. The van der Waals surface area contributed by atoms with Crippen LogP contribution in [0, 0.1) is 0 Å². The number of ether oxygens (including phenoxy) is 2. The lowest BCUT2D eigenvalue weighted by Gasteiger charge is -2.13. The van der Waals surface area contributed by atoms with Crippen LogP contribution in [0.15, 0.2) is 78.9 Å². The summed E-state index contributed by atoms with van der Waals surface area (Å²) >= 11 is 0. The minimum atomic E-state index is -0.934. The SMILES string of the molecule is COc1ccccc1NC(=O)c1ccc(NC(=O)COC(=O)[C@@H](C)NC(=O)c2ccccc2)cc1. The highest BCUT2D eigenvalue weighted by atomic mass is 16.5. The molecule has 0 aliphatic carbocycles. The number of carbonyl (C=O) groups excluding carboxylic acids is 4. The van der Waals surface area contributed by atoms with Gasteiger partial charge in [0.25, 0.3) is 17.7 Å². The van der Waals surface area contributed by atoms with Gasteiger partial charge in [0.15, 0.2) is 6.61 Å². The van der Waals surface area contributed by atoms with Crippen LogP contribution >= 0.6 is 0 Å². The number of nitrogens with one attached hydrogen (secondary N) is 3. The zero-order valence-corrected chi connectivity index (χ0v) is 19.2. The molecule has 3 rings (SSSR count). The summed E-state index contributed by atoms with van der Waals surface area (Å²) in [7, 11) is 1.52. The van der Waals surface area contributed by atoms with Gasteiger partial charge in [-0.25, -0.2) is 4.79 Å². The van der Waals surface area contributed by atoms with Crippen molar-refractivity contribution in [2.75, 3.05) is 24.4 Å². The summed E-state index contributed by atoms with van der Waals surface area (Å²) in [5.74, 6) is -1.53. The number of anilines is 2. The number of para-hydroxylation sites is 2. The fourth-order valence-electron chi connectivity index (χ4n) is 3.03. The van der Waals surface area contributed by atoms with Crippen molar-refractivity contribution in [1.82, 2.24) is 5.32 Å². The molecule has 0 unspecified atom stereocenters. The Morgan fingerprint density at radius 1 is 0.771 bits per heavy atom. The van der Waals surface area contributed by atoms with Crippen LogP contribution in [-0.4, -0.2) is 43.4 Å². The molecule has 180 valence electrons. The number of rotatable bonds is 9. The average Bonchev–Trinajstić information content (AvgIpc) is 2.88. The van der Waals surface area contributed by atoms with E-state index in [1.54, 1.807) is 78.9 Å². The van der Waals surface area contributed by atoms with Crippen molar-refractivity contribution in [1.29, 1.82) is 0 Å². The average molecular weight is 476 g/mol. The quantitative estimate of drug-likeness (QED) is 0.408. The maximum absolute atomic E-state index is 12.5. The van der Waals surface area contributed by atoms with Gasteiger partial charge in [0.2, 0.25) is 0 Å². The van der Waals surface area contributed by atoms with Gasteiger partial charge in [-0.15, -0.1) is 0 Å². The van der Waals surface area contributed by atoms with Crippen LogP contribution in [-0.2, 0) is 14.3 Å². The van der Waals surface area contributed by atoms with E-state index >= 15 is 0 Å². The molecule has 3 aromatic carbocycles. The van der Waals surface area contributed by atoms with Gasteiger partial charge in [-0.05, 0) is 55.5 Å². The molecule has 0 aliphatic rings. The summed E-state index contributed by atoms with van der Waals surface area (Å²) in [6.07, 6.45) is 0. The third kappa shape index (κ3) is 7.16. The van der Waals surface area contributed by atoms with Gasteiger partial charge in [-0.3, -0.25) is 14.4 Å². The Balaban J connectivity index is 1.46. The zero-order valence-electron chi connectivity index (χ0n) is 19.2. The van der Waals surface area contributed by atoms with Crippen LogP contribution in [0.3, 0.4) is 0 Å². The second-order valence-electron chi connectivity index (χ2n) is 7.45. The molecule has 0 saturated carbocycles. The molecule has 9 nitrogen and oxygen atoms in total. The maximum atomic E-state index is 12.5. The Bertz CT molecular complexity index is 1200. The Kier molecular flexibility index (Phi) is 8.55. The topological polar surface area (TPSA) is 123 Å². The van der Waals surface area contributed by atoms with Gasteiger partial charge in [-0.1, -0.05) is 30.3 Å². The largest absolute Gasteiger partial charge is 0.495 e. The van der Waals surface area contributed by atoms with Crippen LogP contribution < -0.4 is 20.7 Å². The molecule has 0 bridgehead atoms. The van der Waals surface area contributed by atoms with E-state index in [0.29, 0.717) is 28.3 Å². The van der Waals surface area contributed by atoms with Gasteiger partial charge in [0, 0.05) is 16.8 Å². The van der Waals surface area contributed by atoms with E-state index in [4.69, 9.17) is 9.47 Å². The molecule has 9 heteroatoms. The summed E-state index contributed by atoms with van der Waals surface area (Å²) in [6.45, 7) is 0.941. The fourth-order valence-corrected chi connectivity index (χ4v) is 3.03. The Hall–Kier alpha value is -4.66. The molecule has 35 heavy (non-hydrogen) atoms. The monoisotopic (exact) mass is 475 g/mol. The molecule has 0 heterocycles. The summed E-state index contributed by atoms with van der Waals surface area (Å²) in [6, 6.07) is 20.7. The van der Waals surface area contributed by atoms with Gasteiger partial charge in [-0.2, -0.15) is 0 Å². The van der Waals surface area contributed by atoms with E-state index in [-0.39, 0.29) is 5.91 Å². The highest BCUT2D eigenvalue weighted by molar-refractivity contribution is 6.05. The highest BCUT2D eigenvalue weighted by Gasteiger charge is 2.19. The van der Waals surface area contributed by atoms with Crippen molar-refractivity contribution >= 4 is 35.1 Å². The molecule has 0 aliphatic heterocycles. The van der Waals surface area contributed by atoms with E-state index < -0.39 is 30.4 Å². The normalized spacial score (nSPS) is 11.0. The molecule has 1 atom stereocenters. The summed E-state index contributed by atoms with van der Waals surface area (Å²) in [4.78, 5) is 48.9. The minimum Gasteiger partial charge on any atom is -0.495 e. The molecule has 0 fully saturated rings. The van der Waals surface area contributed by atoms with E-state index in [2.05, 4.69) is 16.0 Å². The highest BCUT2D eigenvalue weighted by Crippen LogP contribution is 2.23. The Labute approximate surface area is 202 Å². The number of amides is 3. The van der Waals surface area contributed by atoms with Crippen LogP contribution in [0.25, 0.3) is 0 Å². The number of methoxy groups -OCH3 is 1. The van der Waals surface area contributed by atoms with Crippen LogP contribution in [0.2, 0.25) is 0 Å². The zero-order chi connectivity index (χ0) is 25.2. The third-order valence-corrected chi connectivity index (χ3v) is 4.87. The standard InChI is InChI=1S/C26H25N3O6/c1-17(27-24(31)18-8-4-3-5-9-18)26(33)35-16-23(30)28-20-14-12-19(13-15-20)25(32)29-21-10-6-7-11-22(21)34-2/h3-15,17H,16H2,1-2H3,(H,27,31)(H,28,30)(H,29,32)/t17-/m1/s1. The van der Waals surface area contributed by atoms with Crippen LogP contribution in [0.1, 0.15) is 27.6 Å². The molecule has 3 amide bonds. The fraction of sp³-hybridized carbons (Fsp3) is 0.154. The molecular weight excluding hydrogens is 450 g/mol.